The lowest BCUT2D eigenvalue weighted by molar-refractivity contribution is -0.138. The van der Waals surface area contributed by atoms with Gasteiger partial charge in [0.25, 0.3) is 6.43 Å². The third-order valence-electron chi connectivity index (χ3n) is 1.67. The number of hydrogen-bond acceptors (Lipinski definition) is 1. The summed E-state index contributed by atoms with van der Waals surface area (Å²) in [6.07, 6.45) is -1.74. The molecule has 72 valence electrons. The van der Waals surface area contributed by atoms with Crippen LogP contribution in [0.25, 0.3) is 0 Å². The molecule has 0 amide bonds. The molecule has 0 saturated carbocycles. The van der Waals surface area contributed by atoms with Crippen LogP contribution in [-0.2, 0) is 4.79 Å². The van der Waals surface area contributed by atoms with Crippen LogP contribution in [0.15, 0.2) is 24.1 Å². The second-order valence-electron chi connectivity index (χ2n) is 2.66. The first-order chi connectivity index (χ1) is 5.96. The fourth-order valence-electron chi connectivity index (χ4n) is 1.02. The van der Waals surface area contributed by atoms with Crippen molar-refractivity contribution in [1.29, 1.82) is 0 Å². The van der Waals surface area contributed by atoms with E-state index in [-0.39, 0.29) is 6.08 Å². The number of carbonyl (C=O) groups excluding carboxylic acids is 1. The Hall–Kier alpha value is -1.13. The van der Waals surface area contributed by atoms with Crippen LogP contribution >= 0.6 is 0 Å². The maximum Gasteiger partial charge on any atom is 0.299 e. The Bertz CT molecular complexity index is 282. The maximum atomic E-state index is 13.3. The number of carbonyl (C=O) groups is 1. The first kappa shape index (κ1) is 9.95. The maximum absolute atomic E-state index is 13.3. The van der Waals surface area contributed by atoms with E-state index in [1.807, 2.05) is 0 Å². The Morgan fingerprint density at radius 1 is 1.54 bits per heavy atom. The van der Waals surface area contributed by atoms with Crippen molar-refractivity contribution in [3.8, 4) is 0 Å². The van der Waals surface area contributed by atoms with Crippen molar-refractivity contribution >= 4 is 5.78 Å². The lowest BCUT2D eigenvalue weighted by Gasteiger charge is -2.20. The summed E-state index contributed by atoms with van der Waals surface area (Å²) in [6, 6.07) is 0. The largest absolute Gasteiger partial charge is 0.299 e. The zero-order valence-corrected chi connectivity index (χ0v) is 6.44. The highest BCUT2D eigenvalue weighted by atomic mass is 19.3. The smallest absolute Gasteiger partial charge is 0.289 e. The average molecular weight is 194 g/mol. The number of halogens is 4. The van der Waals surface area contributed by atoms with Crippen LogP contribution in [0.2, 0.25) is 0 Å². The second-order valence-corrected chi connectivity index (χ2v) is 2.66. The molecule has 0 bridgehead atoms. The lowest BCUT2D eigenvalue weighted by Crippen LogP contribution is -2.37. The minimum absolute atomic E-state index is 0.279. The monoisotopic (exact) mass is 194 g/mol. The van der Waals surface area contributed by atoms with Gasteiger partial charge in [0.1, 0.15) is 5.83 Å². The predicted octanol–water partition coefficient (Wildman–Crippen LogP) is 2.34. The Kier molecular flexibility index (Phi) is 2.54. The average Bonchev–Trinajstić information content (AvgIpc) is 2.02. The second kappa shape index (κ2) is 3.32. The Morgan fingerprint density at radius 3 is 2.62 bits per heavy atom. The molecule has 0 aliphatic heterocycles. The molecule has 0 aromatic heterocycles. The van der Waals surface area contributed by atoms with Crippen LogP contribution in [0.3, 0.4) is 0 Å². The molecule has 1 nitrogen and oxygen atoms in total. The van der Waals surface area contributed by atoms with Gasteiger partial charge in [0.2, 0.25) is 5.78 Å². The molecule has 0 radical (unpaired) electrons. The van der Waals surface area contributed by atoms with E-state index in [0.29, 0.717) is 0 Å². The van der Waals surface area contributed by atoms with Crippen molar-refractivity contribution in [2.75, 3.05) is 0 Å². The summed E-state index contributed by atoms with van der Waals surface area (Å²) in [5, 5.41) is 0. The highest BCUT2D eigenvalue weighted by Gasteiger charge is 2.42. The minimum Gasteiger partial charge on any atom is -0.289 e. The van der Waals surface area contributed by atoms with Crippen LogP contribution in [0.1, 0.15) is 6.42 Å². The predicted molar refractivity (Wildman–Crippen MR) is 37.8 cm³/mol. The van der Waals surface area contributed by atoms with Gasteiger partial charge in [-0.15, -0.1) is 0 Å². The van der Waals surface area contributed by atoms with E-state index in [2.05, 4.69) is 0 Å². The van der Waals surface area contributed by atoms with Gasteiger partial charge in [0, 0.05) is 6.42 Å². The molecule has 0 spiro atoms. The van der Waals surface area contributed by atoms with Gasteiger partial charge in [-0.05, 0) is 12.2 Å². The van der Waals surface area contributed by atoms with E-state index in [0.717, 1.165) is 12.2 Å². The zero-order chi connectivity index (χ0) is 10.1. The number of ketones is 1. The Morgan fingerprint density at radius 2 is 2.15 bits per heavy atom. The number of alkyl halides is 3. The number of Topliss-reactive ketones (excluding diaryl/α,β-unsaturated/α-hetero) is 1. The Balaban J connectivity index is 2.90. The molecular weight excluding hydrogens is 188 g/mol. The summed E-state index contributed by atoms with van der Waals surface area (Å²) >= 11 is 0. The summed E-state index contributed by atoms with van der Waals surface area (Å²) in [6.45, 7) is 0. The standard InChI is InChI=1S/C8H6F4O/c9-5-2-1-3-8(12,4-5)6(13)7(10)11/h1-2,4,7H,3H2. The van der Waals surface area contributed by atoms with Crippen molar-refractivity contribution < 1.29 is 22.4 Å². The van der Waals surface area contributed by atoms with Crippen molar-refractivity contribution in [3.05, 3.63) is 24.1 Å². The lowest BCUT2D eigenvalue weighted by atomic mass is 9.92. The fourth-order valence-corrected chi connectivity index (χ4v) is 1.02. The molecule has 5 heteroatoms. The first-order valence-electron chi connectivity index (χ1n) is 3.52. The van der Waals surface area contributed by atoms with Gasteiger partial charge in [0.15, 0.2) is 5.67 Å². The molecule has 13 heavy (non-hydrogen) atoms. The van der Waals surface area contributed by atoms with Crippen molar-refractivity contribution in [2.45, 2.75) is 18.5 Å². The Labute approximate surface area is 71.7 Å². The molecule has 0 fully saturated rings. The van der Waals surface area contributed by atoms with Gasteiger partial charge in [-0.3, -0.25) is 4.79 Å². The molecule has 0 heterocycles. The summed E-state index contributed by atoms with van der Waals surface area (Å²) in [5.74, 6) is -2.91. The van der Waals surface area contributed by atoms with E-state index in [4.69, 9.17) is 0 Å². The molecule has 0 N–H and O–H groups in total. The van der Waals surface area contributed by atoms with Crippen LogP contribution in [-0.4, -0.2) is 17.9 Å². The first-order valence-corrected chi connectivity index (χ1v) is 3.52. The van der Waals surface area contributed by atoms with Gasteiger partial charge in [-0.1, -0.05) is 6.08 Å². The van der Waals surface area contributed by atoms with Crippen LogP contribution in [0.4, 0.5) is 17.6 Å². The highest BCUT2D eigenvalue weighted by molar-refractivity contribution is 5.92. The molecule has 0 aromatic rings. The summed E-state index contributed by atoms with van der Waals surface area (Å²) in [5.41, 5.74) is -2.88. The van der Waals surface area contributed by atoms with Crippen LogP contribution in [0.5, 0.6) is 0 Å². The van der Waals surface area contributed by atoms with Gasteiger partial charge in [-0.25, -0.2) is 17.6 Å². The van der Waals surface area contributed by atoms with Crippen LogP contribution < -0.4 is 0 Å². The van der Waals surface area contributed by atoms with E-state index in [1.165, 1.54) is 0 Å². The van der Waals surface area contributed by atoms with Gasteiger partial charge in [-0.2, -0.15) is 0 Å². The normalized spacial score (nSPS) is 27.6. The molecule has 1 atom stereocenters. The number of hydrogen-bond donors (Lipinski definition) is 0. The van der Waals surface area contributed by atoms with Gasteiger partial charge >= 0.3 is 0 Å². The van der Waals surface area contributed by atoms with E-state index >= 15 is 0 Å². The third kappa shape index (κ3) is 1.96. The number of rotatable bonds is 2. The third-order valence-corrected chi connectivity index (χ3v) is 1.67. The van der Waals surface area contributed by atoms with Crippen LogP contribution in [0, 0.1) is 0 Å². The molecule has 0 aromatic carbocycles. The number of allylic oxidation sites excluding steroid dienone is 4. The summed E-state index contributed by atoms with van der Waals surface area (Å²) in [7, 11) is 0. The fraction of sp³-hybridized carbons (Fsp3) is 0.375. The topological polar surface area (TPSA) is 17.1 Å². The molecule has 1 unspecified atom stereocenters. The zero-order valence-electron chi connectivity index (χ0n) is 6.44. The quantitative estimate of drug-likeness (QED) is 0.616. The van der Waals surface area contributed by atoms with E-state index < -0.39 is 30.1 Å². The van der Waals surface area contributed by atoms with Crippen molar-refractivity contribution in [2.24, 2.45) is 0 Å². The van der Waals surface area contributed by atoms with E-state index in [1.54, 1.807) is 0 Å². The van der Waals surface area contributed by atoms with E-state index in [9.17, 15) is 22.4 Å². The molecule has 0 saturated heterocycles. The van der Waals surface area contributed by atoms with Crippen molar-refractivity contribution in [3.63, 3.8) is 0 Å². The summed E-state index contributed by atoms with van der Waals surface area (Å²) < 4.78 is 49.3. The van der Waals surface area contributed by atoms with Crippen molar-refractivity contribution in [1.82, 2.24) is 0 Å². The van der Waals surface area contributed by atoms with Gasteiger partial charge in [0.05, 0.1) is 0 Å². The van der Waals surface area contributed by atoms with Gasteiger partial charge < -0.3 is 0 Å². The molecular formula is C8H6F4O. The minimum atomic E-state index is -3.42. The molecule has 1 rings (SSSR count). The molecule has 1 aliphatic carbocycles. The summed E-state index contributed by atoms with van der Waals surface area (Å²) in [4.78, 5) is 10.6. The molecule has 1 aliphatic rings. The SMILES string of the molecule is O=C(C(F)F)C1(F)C=C(F)C=CC1. The highest BCUT2D eigenvalue weighted by Crippen LogP contribution is 2.29.